The largest absolute Gasteiger partial charge is 0.478 e. The van der Waals surface area contributed by atoms with Gasteiger partial charge in [-0.3, -0.25) is 0 Å². The third kappa shape index (κ3) is 3.95. The van der Waals surface area contributed by atoms with Gasteiger partial charge in [0.2, 0.25) is 0 Å². The number of carbonyl (C=O) groups excluding carboxylic acids is 1. The zero-order valence-electron chi connectivity index (χ0n) is 11.9. The Kier molecular flexibility index (Phi) is 5.97. The summed E-state index contributed by atoms with van der Waals surface area (Å²) in [5.41, 5.74) is 1.71. The van der Waals surface area contributed by atoms with Crippen molar-refractivity contribution in [3.8, 4) is 5.75 Å². The molecule has 108 valence electrons. The fraction of sp³-hybridized carbons (Fsp3) is 0.375. The summed E-state index contributed by atoms with van der Waals surface area (Å²) >= 11 is 0. The molecule has 0 aliphatic heterocycles. The molecule has 0 saturated heterocycles. The molecule has 1 N–H and O–H groups in total. The first-order valence-electron chi connectivity index (χ1n) is 6.76. The second-order valence-electron chi connectivity index (χ2n) is 4.55. The molecular formula is C16H20O4. The molecule has 1 rings (SSSR count). The van der Waals surface area contributed by atoms with E-state index in [9.17, 15) is 14.7 Å². The van der Waals surface area contributed by atoms with Crippen molar-refractivity contribution < 1.29 is 19.4 Å². The predicted octanol–water partition coefficient (Wildman–Crippen LogP) is 3.38. The average Bonchev–Trinajstić information content (AvgIpc) is 2.41. The standard InChI is InChI=1S/C16H20O4/c1-4-7-11-10-14(20-15(17)6-3)12(8-5-2)9-13(11)16(18)19/h6,9-10H,3-5,7-8H2,1-2H3,(H,18,19). The van der Waals surface area contributed by atoms with Crippen LogP contribution in [0, 0.1) is 0 Å². The molecule has 0 saturated carbocycles. The molecule has 0 radical (unpaired) electrons. The zero-order chi connectivity index (χ0) is 15.1. The fourth-order valence-corrected chi connectivity index (χ4v) is 2.05. The van der Waals surface area contributed by atoms with Crippen LogP contribution in [0.1, 0.15) is 48.2 Å². The van der Waals surface area contributed by atoms with Gasteiger partial charge >= 0.3 is 11.9 Å². The van der Waals surface area contributed by atoms with Gasteiger partial charge in [-0.2, -0.15) is 0 Å². The second kappa shape index (κ2) is 7.48. The number of benzene rings is 1. The molecule has 0 spiro atoms. The van der Waals surface area contributed by atoms with E-state index in [0.717, 1.165) is 24.5 Å². The fourth-order valence-electron chi connectivity index (χ4n) is 2.05. The number of carbonyl (C=O) groups is 2. The Morgan fingerprint density at radius 3 is 2.30 bits per heavy atom. The summed E-state index contributed by atoms with van der Waals surface area (Å²) in [4.78, 5) is 22.7. The Morgan fingerprint density at radius 1 is 1.20 bits per heavy atom. The van der Waals surface area contributed by atoms with Crippen LogP contribution in [0.3, 0.4) is 0 Å². The van der Waals surface area contributed by atoms with E-state index in [1.807, 2.05) is 13.8 Å². The Bertz CT molecular complexity index is 517. The summed E-state index contributed by atoms with van der Waals surface area (Å²) in [6.07, 6.45) is 4.05. The van der Waals surface area contributed by atoms with Crippen LogP contribution >= 0.6 is 0 Å². The molecule has 0 aromatic heterocycles. The van der Waals surface area contributed by atoms with Crippen molar-refractivity contribution in [1.82, 2.24) is 0 Å². The minimum atomic E-state index is -0.951. The average molecular weight is 276 g/mol. The molecule has 0 heterocycles. The number of rotatable bonds is 7. The van der Waals surface area contributed by atoms with Gasteiger partial charge in [-0.25, -0.2) is 9.59 Å². The van der Waals surface area contributed by atoms with Gasteiger partial charge in [0.05, 0.1) is 5.56 Å². The van der Waals surface area contributed by atoms with E-state index in [2.05, 4.69) is 6.58 Å². The van der Waals surface area contributed by atoms with Gasteiger partial charge in [-0.1, -0.05) is 33.3 Å². The van der Waals surface area contributed by atoms with Gasteiger partial charge in [0.1, 0.15) is 5.75 Å². The lowest BCUT2D eigenvalue weighted by Gasteiger charge is -2.13. The molecule has 0 aliphatic carbocycles. The first kappa shape index (κ1) is 16.0. The molecular weight excluding hydrogens is 256 g/mol. The number of carboxylic acid groups (broad SMARTS) is 1. The normalized spacial score (nSPS) is 10.1. The summed E-state index contributed by atoms with van der Waals surface area (Å²) in [5, 5.41) is 9.28. The second-order valence-corrected chi connectivity index (χ2v) is 4.55. The van der Waals surface area contributed by atoms with Crippen LogP contribution in [0.2, 0.25) is 0 Å². The van der Waals surface area contributed by atoms with Crippen molar-refractivity contribution in [2.75, 3.05) is 0 Å². The quantitative estimate of drug-likeness (QED) is 0.471. The van der Waals surface area contributed by atoms with Crippen LogP contribution in [0.15, 0.2) is 24.8 Å². The van der Waals surface area contributed by atoms with Crippen LogP contribution in [0.4, 0.5) is 0 Å². The number of hydrogen-bond donors (Lipinski definition) is 1. The number of aromatic carboxylic acids is 1. The molecule has 0 fully saturated rings. The summed E-state index contributed by atoms with van der Waals surface area (Å²) in [6.45, 7) is 7.33. The lowest BCUT2D eigenvalue weighted by molar-refractivity contribution is -0.129. The van der Waals surface area contributed by atoms with Gasteiger partial charge in [-0.15, -0.1) is 0 Å². The SMILES string of the molecule is C=CC(=O)Oc1cc(CCC)c(C(=O)O)cc1CCC. The Morgan fingerprint density at radius 2 is 1.80 bits per heavy atom. The van der Waals surface area contributed by atoms with E-state index in [4.69, 9.17) is 4.74 Å². The summed E-state index contributed by atoms with van der Waals surface area (Å²) in [7, 11) is 0. The number of ether oxygens (including phenoxy) is 1. The van der Waals surface area contributed by atoms with Crippen molar-refractivity contribution >= 4 is 11.9 Å². The highest BCUT2D eigenvalue weighted by molar-refractivity contribution is 5.90. The van der Waals surface area contributed by atoms with E-state index in [-0.39, 0.29) is 5.56 Å². The minimum Gasteiger partial charge on any atom is -0.478 e. The van der Waals surface area contributed by atoms with Crippen LogP contribution < -0.4 is 4.74 Å². The summed E-state index contributed by atoms with van der Waals surface area (Å²) in [5.74, 6) is -1.05. The Balaban J connectivity index is 3.31. The topological polar surface area (TPSA) is 63.6 Å². The number of hydrogen-bond acceptors (Lipinski definition) is 3. The zero-order valence-corrected chi connectivity index (χ0v) is 11.9. The molecule has 1 aromatic rings. The maximum atomic E-state index is 11.4. The molecule has 0 amide bonds. The van der Waals surface area contributed by atoms with Crippen molar-refractivity contribution in [2.24, 2.45) is 0 Å². The molecule has 1 aromatic carbocycles. The third-order valence-corrected chi connectivity index (χ3v) is 2.93. The Hall–Kier alpha value is -2.10. The maximum Gasteiger partial charge on any atom is 0.335 e. The van der Waals surface area contributed by atoms with E-state index in [1.54, 1.807) is 12.1 Å². The van der Waals surface area contributed by atoms with Gasteiger partial charge < -0.3 is 9.84 Å². The Labute approximate surface area is 119 Å². The predicted molar refractivity (Wildman–Crippen MR) is 77.2 cm³/mol. The third-order valence-electron chi connectivity index (χ3n) is 2.93. The monoisotopic (exact) mass is 276 g/mol. The van der Waals surface area contributed by atoms with Crippen LogP contribution in [-0.4, -0.2) is 17.0 Å². The summed E-state index contributed by atoms with van der Waals surface area (Å²) < 4.78 is 5.22. The summed E-state index contributed by atoms with van der Waals surface area (Å²) in [6, 6.07) is 3.28. The first-order chi connectivity index (χ1) is 9.53. The molecule has 4 nitrogen and oxygen atoms in total. The molecule has 20 heavy (non-hydrogen) atoms. The van der Waals surface area contributed by atoms with Crippen LogP contribution in [-0.2, 0) is 17.6 Å². The first-order valence-corrected chi connectivity index (χ1v) is 6.76. The van der Waals surface area contributed by atoms with Gasteiger partial charge in [0.15, 0.2) is 0 Å². The van der Waals surface area contributed by atoms with Gasteiger partial charge in [-0.05, 0) is 36.1 Å². The minimum absolute atomic E-state index is 0.286. The van der Waals surface area contributed by atoms with E-state index >= 15 is 0 Å². The molecule has 0 unspecified atom stereocenters. The highest BCUT2D eigenvalue weighted by Gasteiger charge is 2.16. The van der Waals surface area contributed by atoms with Crippen molar-refractivity contribution in [2.45, 2.75) is 39.5 Å². The van der Waals surface area contributed by atoms with Gasteiger partial charge in [0, 0.05) is 6.08 Å². The lowest BCUT2D eigenvalue weighted by Crippen LogP contribution is -2.09. The van der Waals surface area contributed by atoms with Crippen molar-refractivity contribution in [3.05, 3.63) is 41.5 Å². The molecule has 0 aliphatic rings. The van der Waals surface area contributed by atoms with Crippen molar-refractivity contribution in [3.63, 3.8) is 0 Å². The highest BCUT2D eigenvalue weighted by Crippen LogP contribution is 2.26. The molecule has 4 heteroatoms. The number of esters is 1. The van der Waals surface area contributed by atoms with E-state index in [1.165, 1.54) is 0 Å². The maximum absolute atomic E-state index is 11.4. The molecule has 0 bridgehead atoms. The highest BCUT2D eigenvalue weighted by atomic mass is 16.5. The van der Waals surface area contributed by atoms with E-state index < -0.39 is 11.9 Å². The number of carboxylic acids is 1. The smallest absolute Gasteiger partial charge is 0.335 e. The van der Waals surface area contributed by atoms with Crippen LogP contribution in [0.25, 0.3) is 0 Å². The number of aryl methyl sites for hydroxylation is 2. The van der Waals surface area contributed by atoms with Crippen LogP contribution in [0.5, 0.6) is 5.75 Å². The van der Waals surface area contributed by atoms with Crippen molar-refractivity contribution in [1.29, 1.82) is 0 Å². The lowest BCUT2D eigenvalue weighted by atomic mass is 9.97. The van der Waals surface area contributed by atoms with E-state index in [0.29, 0.717) is 24.2 Å². The molecule has 0 atom stereocenters. The van der Waals surface area contributed by atoms with Gasteiger partial charge in [0.25, 0.3) is 0 Å².